The number of esters is 1. The highest BCUT2D eigenvalue weighted by atomic mass is 19.1. The van der Waals surface area contributed by atoms with Gasteiger partial charge in [-0.3, -0.25) is 9.36 Å². The summed E-state index contributed by atoms with van der Waals surface area (Å²) in [6.45, 7) is 1.70. The van der Waals surface area contributed by atoms with Gasteiger partial charge in [0.25, 0.3) is 5.56 Å². The summed E-state index contributed by atoms with van der Waals surface area (Å²) < 4.78 is 18.8. The highest BCUT2D eigenvalue weighted by molar-refractivity contribution is 5.89. The van der Waals surface area contributed by atoms with Crippen LogP contribution in [0.5, 0.6) is 0 Å². The number of ether oxygens (including phenoxy) is 1. The Balaban J connectivity index is 2.74. The molecule has 4 nitrogen and oxygen atoms in total. The Morgan fingerprint density at radius 3 is 2.37 bits per heavy atom. The quantitative estimate of drug-likeness (QED) is 0.777. The molecule has 0 N–H and O–H groups in total. The summed E-state index contributed by atoms with van der Waals surface area (Å²) in [6.07, 6.45) is 0. The van der Waals surface area contributed by atoms with E-state index in [0.29, 0.717) is 11.3 Å². The van der Waals surface area contributed by atoms with Gasteiger partial charge in [-0.15, -0.1) is 0 Å². The molecule has 0 aliphatic carbocycles. The predicted octanol–water partition coefficient (Wildman–Crippen LogP) is 2.07. The number of halogens is 1. The van der Waals surface area contributed by atoms with Gasteiger partial charge in [-0.1, -0.05) is 6.07 Å². The molecule has 2 rings (SSSR count). The minimum absolute atomic E-state index is 0.140. The van der Waals surface area contributed by atoms with Crippen molar-refractivity contribution in [2.75, 3.05) is 7.11 Å². The molecule has 0 unspecified atom stereocenters. The van der Waals surface area contributed by atoms with Gasteiger partial charge < -0.3 is 4.74 Å². The van der Waals surface area contributed by atoms with Gasteiger partial charge in [-0.2, -0.15) is 0 Å². The van der Waals surface area contributed by atoms with Crippen molar-refractivity contribution < 1.29 is 13.9 Å². The molecular formula is C14H12FNO3. The number of pyridine rings is 1. The summed E-state index contributed by atoms with van der Waals surface area (Å²) in [5.41, 5.74) is 0.783. The number of hydrogen-bond acceptors (Lipinski definition) is 3. The van der Waals surface area contributed by atoms with Crippen LogP contribution in [0.25, 0.3) is 5.69 Å². The smallest absolute Gasteiger partial charge is 0.355 e. The van der Waals surface area contributed by atoms with Crippen molar-refractivity contribution in [1.82, 2.24) is 4.57 Å². The molecule has 0 bridgehead atoms. The van der Waals surface area contributed by atoms with E-state index in [-0.39, 0.29) is 11.3 Å². The fraction of sp³-hybridized carbons (Fsp3) is 0.143. The minimum Gasteiger partial charge on any atom is -0.464 e. The molecular weight excluding hydrogens is 249 g/mol. The van der Waals surface area contributed by atoms with E-state index in [1.807, 2.05) is 0 Å². The number of carbonyl (C=O) groups is 1. The number of rotatable bonds is 2. The Morgan fingerprint density at radius 2 is 1.79 bits per heavy atom. The molecule has 0 fully saturated rings. The second-order valence-corrected chi connectivity index (χ2v) is 4.01. The third-order valence-corrected chi connectivity index (χ3v) is 2.76. The normalized spacial score (nSPS) is 10.3. The lowest BCUT2D eigenvalue weighted by atomic mass is 10.2. The van der Waals surface area contributed by atoms with Crippen LogP contribution in [-0.2, 0) is 4.74 Å². The first-order valence-electron chi connectivity index (χ1n) is 5.61. The fourth-order valence-electron chi connectivity index (χ4n) is 1.83. The number of benzene rings is 1. The summed E-state index contributed by atoms with van der Waals surface area (Å²) in [4.78, 5) is 23.8. The van der Waals surface area contributed by atoms with E-state index in [1.165, 1.54) is 42.0 Å². The lowest BCUT2D eigenvalue weighted by Gasteiger charge is -2.13. The zero-order chi connectivity index (χ0) is 14.0. The molecule has 19 heavy (non-hydrogen) atoms. The van der Waals surface area contributed by atoms with Gasteiger partial charge in [0.1, 0.15) is 11.5 Å². The van der Waals surface area contributed by atoms with Crippen molar-refractivity contribution in [2.45, 2.75) is 6.92 Å². The third-order valence-electron chi connectivity index (χ3n) is 2.76. The second-order valence-electron chi connectivity index (χ2n) is 4.01. The third kappa shape index (κ3) is 2.40. The Hall–Kier alpha value is -2.43. The molecule has 2 aromatic rings. The van der Waals surface area contributed by atoms with Gasteiger partial charge in [0.2, 0.25) is 0 Å². The van der Waals surface area contributed by atoms with Crippen LogP contribution in [0.15, 0.2) is 41.2 Å². The topological polar surface area (TPSA) is 48.3 Å². The van der Waals surface area contributed by atoms with Gasteiger partial charge >= 0.3 is 5.97 Å². The van der Waals surface area contributed by atoms with Gasteiger partial charge in [0.15, 0.2) is 0 Å². The number of aromatic nitrogens is 1. The molecule has 0 saturated heterocycles. The number of hydrogen-bond donors (Lipinski definition) is 0. The highest BCUT2D eigenvalue weighted by Gasteiger charge is 2.17. The molecule has 0 aliphatic rings. The molecule has 0 aliphatic heterocycles. The fourth-order valence-corrected chi connectivity index (χ4v) is 1.83. The van der Waals surface area contributed by atoms with E-state index in [2.05, 4.69) is 4.74 Å². The van der Waals surface area contributed by atoms with Gasteiger partial charge in [-0.25, -0.2) is 9.18 Å². The van der Waals surface area contributed by atoms with Crippen LogP contribution in [0, 0.1) is 12.7 Å². The largest absolute Gasteiger partial charge is 0.464 e. The average molecular weight is 261 g/mol. The van der Waals surface area contributed by atoms with Crippen molar-refractivity contribution in [3.8, 4) is 5.69 Å². The second kappa shape index (κ2) is 5.06. The number of carbonyl (C=O) groups excluding carboxylic acids is 1. The number of methoxy groups -OCH3 is 1. The molecule has 0 amide bonds. The Morgan fingerprint density at radius 1 is 1.16 bits per heavy atom. The molecule has 0 atom stereocenters. The van der Waals surface area contributed by atoms with Gasteiger partial charge in [0, 0.05) is 11.8 Å². The van der Waals surface area contributed by atoms with E-state index in [9.17, 15) is 14.0 Å². The van der Waals surface area contributed by atoms with Crippen LogP contribution in [0.4, 0.5) is 4.39 Å². The van der Waals surface area contributed by atoms with E-state index in [1.54, 1.807) is 13.0 Å². The summed E-state index contributed by atoms with van der Waals surface area (Å²) >= 11 is 0. The maximum Gasteiger partial charge on any atom is 0.355 e. The van der Waals surface area contributed by atoms with E-state index in [0.717, 1.165) is 0 Å². The first-order chi connectivity index (χ1) is 9.04. The summed E-state index contributed by atoms with van der Waals surface area (Å²) in [5, 5.41) is 0. The summed E-state index contributed by atoms with van der Waals surface area (Å²) in [5.74, 6) is -1.02. The van der Waals surface area contributed by atoms with Crippen LogP contribution >= 0.6 is 0 Å². The monoisotopic (exact) mass is 261 g/mol. The lowest BCUT2D eigenvalue weighted by Crippen LogP contribution is -2.25. The highest BCUT2D eigenvalue weighted by Crippen LogP contribution is 2.14. The SMILES string of the molecule is COC(=O)c1c(C)ccc(=O)n1-c1ccc(F)cc1. The maximum absolute atomic E-state index is 12.9. The Bertz CT molecular complexity index is 674. The van der Waals surface area contributed by atoms with Crippen molar-refractivity contribution in [1.29, 1.82) is 0 Å². The standard InChI is InChI=1S/C14H12FNO3/c1-9-3-8-12(17)16(13(9)14(18)19-2)11-6-4-10(15)5-7-11/h3-8H,1-2H3. The van der Waals surface area contributed by atoms with E-state index < -0.39 is 11.8 Å². The molecule has 5 heteroatoms. The first-order valence-corrected chi connectivity index (χ1v) is 5.61. The van der Waals surface area contributed by atoms with Crippen LogP contribution in [-0.4, -0.2) is 17.6 Å². The van der Waals surface area contributed by atoms with Crippen LogP contribution in [0.2, 0.25) is 0 Å². The Labute approximate surface area is 109 Å². The van der Waals surface area contributed by atoms with Gasteiger partial charge in [0.05, 0.1) is 7.11 Å². The number of nitrogens with zero attached hydrogens (tertiary/aromatic N) is 1. The van der Waals surface area contributed by atoms with E-state index in [4.69, 9.17) is 0 Å². The molecule has 0 spiro atoms. The van der Waals surface area contributed by atoms with Crippen LogP contribution < -0.4 is 5.56 Å². The molecule has 1 heterocycles. The van der Waals surface area contributed by atoms with Crippen molar-refractivity contribution in [2.24, 2.45) is 0 Å². The molecule has 1 aromatic carbocycles. The number of aryl methyl sites for hydroxylation is 1. The zero-order valence-electron chi connectivity index (χ0n) is 10.5. The molecule has 98 valence electrons. The Kier molecular flexibility index (Phi) is 3.46. The van der Waals surface area contributed by atoms with Crippen molar-refractivity contribution in [3.05, 3.63) is 63.8 Å². The van der Waals surface area contributed by atoms with E-state index >= 15 is 0 Å². The minimum atomic E-state index is -0.612. The predicted molar refractivity (Wildman–Crippen MR) is 68.1 cm³/mol. The summed E-state index contributed by atoms with van der Waals surface area (Å²) in [7, 11) is 1.24. The first kappa shape index (κ1) is 13.0. The average Bonchev–Trinajstić information content (AvgIpc) is 2.41. The van der Waals surface area contributed by atoms with Crippen molar-refractivity contribution >= 4 is 5.97 Å². The van der Waals surface area contributed by atoms with Crippen LogP contribution in [0.1, 0.15) is 16.1 Å². The lowest BCUT2D eigenvalue weighted by molar-refractivity contribution is 0.0589. The maximum atomic E-state index is 12.9. The molecule has 1 aromatic heterocycles. The van der Waals surface area contributed by atoms with Gasteiger partial charge in [-0.05, 0) is 36.8 Å². The van der Waals surface area contributed by atoms with Crippen LogP contribution in [0.3, 0.4) is 0 Å². The summed E-state index contributed by atoms with van der Waals surface area (Å²) in [6, 6.07) is 8.22. The molecule has 0 saturated carbocycles. The van der Waals surface area contributed by atoms with Crippen molar-refractivity contribution in [3.63, 3.8) is 0 Å². The molecule has 0 radical (unpaired) electrons. The zero-order valence-corrected chi connectivity index (χ0v) is 10.5.